The molecule has 0 radical (unpaired) electrons. The van der Waals surface area contributed by atoms with E-state index < -0.39 is 5.97 Å². The molecule has 0 aliphatic carbocycles. The molecule has 0 saturated carbocycles. The third-order valence-electron chi connectivity index (χ3n) is 5.83. The maximum atomic E-state index is 10.3. The molecule has 0 bridgehead atoms. The summed E-state index contributed by atoms with van der Waals surface area (Å²) in [4.78, 5) is 16.2. The molecule has 2 aromatic carbocycles. The molecule has 0 atom stereocenters. The average molecular weight is 457 g/mol. The van der Waals surface area contributed by atoms with Crippen molar-refractivity contribution in [2.24, 2.45) is 5.14 Å². The number of aromatic nitrogens is 1. The van der Waals surface area contributed by atoms with Crippen LogP contribution >= 0.6 is 12.1 Å². The molecule has 1 fully saturated rings. The number of nitrogens with one attached hydrogen (secondary N) is 2. The fourth-order valence-electron chi connectivity index (χ4n) is 4.01. The summed E-state index contributed by atoms with van der Waals surface area (Å²) in [6.07, 6.45) is 4.28. The van der Waals surface area contributed by atoms with Crippen LogP contribution in [0.1, 0.15) is 39.9 Å². The Morgan fingerprint density at radius 1 is 1.25 bits per heavy atom. The summed E-state index contributed by atoms with van der Waals surface area (Å²) in [7, 11) is 1.76. The second kappa shape index (κ2) is 11.4. The normalized spacial score (nSPS) is 14.8. The molecule has 32 heavy (non-hydrogen) atoms. The van der Waals surface area contributed by atoms with Crippen molar-refractivity contribution in [3.8, 4) is 5.75 Å². The smallest absolute Gasteiger partial charge is 0.335 e. The number of ether oxygens (including phenoxy) is 1. The lowest BCUT2D eigenvalue weighted by Gasteiger charge is -2.32. The Kier molecular flexibility index (Phi) is 8.58. The number of carboxylic acid groups (broad SMARTS) is 1. The molecule has 1 aliphatic rings. The van der Waals surface area contributed by atoms with E-state index in [-0.39, 0.29) is 0 Å². The number of likely N-dealkylation sites (tertiary alicyclic amines) is 1. The highest BCUT2D eigenvalue weighted by molar-refractivity contribution is 7.95. The molecule has 7 nitrogen and oxygen atoms in total. The molecule has 0 unspecified atom stereocenters. The van der Waals surface area contributed by atoms with Gasteiger partial charge in [-0.05, 0) is 56.5 Å². The molecule has 0 spiro atoms. The Balaban J connectivity index is 0.000000243. The van der Waals surface area contributed by atoms with Crippen molar-refractivity contribution >= 4 is 29.0 Å². The highest BCUT2D eigenvalue weighted by Crippen LogP contribution is 2.32. The van der Waals surface area contributed by atoms with Crippen molar-refractivity contribution in [1.29, 1.82) is 0 Å². The Hall–Kier alpha value is -2.52. The molecule has 172 valence electrons. The number of carboxylic acids is 1. The van der Waals surface area contributed by atoms with E-state index in [2.05, 4.69) is 33.7 Å². The van der Waals surface area contributed by atoms with Crippen LogP contribution in [0, 0.1) is 13.8 Å². The number of benzene rings is 2. The van der Waals surface area contributed by atoms with Gasteiger partial charge in [0.25, 0.3) is 0 Å². The van der Waals surface area contributed by atoms with Crippen LogP contribution in [0.4, 0.5) is 0 Å². The van der Waals surface area contributed by atoms with Crippen LogP contribution in [-0.4, -0.2) is 47.2 Å². The number of hydrogen-bond donors (Lipinski definition) is 4. The quantitative estimate of drug-likeness (QED) is 0.411. The number of H-pyrrole nitrogens is 1. The number of aromatic carboxylic acids is 1. The van der Waals surface area contributed by atoms with Gasteiger partial charge >= 0.3 is 5.97 Å². The second-order valence-corrected chi connectivity index (χ2v) is 8.57. The zero-order valence-corrected chi connectivity index (χ0v) is 19.7. The van der Waals surface area contributed by atoms with Crippen molar-refractivity contribution in [1.82, 2.24) is 14.6 Å². The van der Waals surface area contributed by atoms with Crippen LogP contribution in [0.3, 0.4) is 0 Å². The summed E-state index contributed by atoms with van der Waals surface area (Å²) in [6, 6.07) is 11.6. The average Bonchev–Trinajstić information content (AvgIpc) is 3.28. The number of aromatic amines is 1. The van der Waals surface area contributed by atoms with E-state index in [1.54, 1.807) is 31.4 Å². The predicted octanol–water partition coefficient (Wildman–Crippen LogP) is 4.25. The molecular formula is C24H32N4O3S. The van der Waals surface area contributed by atoms with Gasteiger partial charge < -0.3 is 14.8 Å². The van der Waals surface area contributed by atoms with Crippen molar-refractivity contribution in [3.05, 3.63) is 64.8 Å². The maximum absolute atomic E-state index is 10.3. The Morgan fingerprint density at radius 2 is 1.94 bits per heavy atom. The van der Waals surface area contributed by atoms with E-state index in [4.69, 9.17) is 15.0 Å². The molecule has 5 N–H and O–H groups in total. The number of fused-ring (bicyclic) bond motifs is 1. The van der Waals surface area contributed by atoms with Crippen LogP contribution in [-0.2, 0) is 6.54 Å². The van der Waals surface area contributed by atoms with E-state index in [1.165, 1.54) is 34.2 Å². The molecule has 1 aromatic heterocycles. The van der Waals surface area contributed by atoms with Gasteiger partial charge in [-0.1, -0.05) is 17.7 Å². The third-order valence-corrected chi connectivity index (χ3v) is 6.30. The van der Waals surface area contributed by atoms with Gasteiger partial charge in [0, 0.05) is 60.5 Å². The number of carbonyl (C=O) groups is 1. The highest BCUT2D eigenvalue weighted by atomic mass is 32.2. The summed E-state index contributed by atoms with van der Waals surface area (Å²) in [5, 5.41) is 15.2. The zero-order valence-electron chi connectivity index (χ0n) is 18.9. The first-order valence-electron chi connectivity index (χ1n) is 10.7. The monoisotopic (exact) mass is 456 g/mol. The number of rotatable bonds is 6. The summed E-state index contributed by atoms with van der Waals surface area (Å²) in [5.74, 6) is 0.113. The topological polar surface area (TPSA) is 104 Å². The number of piperidine rings is 1. The van der Waals surface area contributed by atoms with Crippen LogP contribution < -0.4 is 14.6 Å². The highest BCUT2D eigenvalue weighted by Gasteiger charge is 2.21. The Morgan fingerprint density at radius 3 is 2.53 bits per heavy atom. The van der Waals surface area contributed by atoms with E-state index in [1.807, 2.05) is 13.1 Å². The second-order valence-electron chi connectivity index (χ2n) is 8.10. The molecule has 4 rings (SSSR count). The van der Waals surface area contributed by atoms with Crippen LogP contribution in [0.15, 0.2) is 42.6 Å². The summed E-state index contributed by atoms with van der Waals surface area (Å²) in [5.41, 5.74) is 5.13. The van der Waals surface area contributed by atoms with E-state index in [0.717, 1.165) is 43.8 Å². The third kappa shape index (κ3) is 6.04. The molecule has 2 heterocycles. The summed E-state index contributed by atoms with van der Waals surface area (Å²) in [6.45, 7) is 7.14. The lowest BCUT2D eigenvalue weighted by atomic mass is 10.0. The lowest BCUT2D eigenvalue weighted by Crippen LogP contribution is -2.40. The maximum Gasteiger partial charge on any atom is 0.335 e. The minimum Gasteiger partial charge on any atom is -0.496 e. The van der Waals surface area contributed by atoms with Gasteiger partial charge in [0.2, 0.25) is 0 Å². The summed E-state index contributed by atoms with van der Waals surface area (Å²) < 4.78 is 8.89. The first kappa shape index (κ1) is 24.1. The predicted molar refractivity (Wildman–Crippen MR) is 131 cm³/mol. The zero-order chi connectivity index (χ0) is 23.1. The molecule has 0 amide bonds. The van der Waals surface area contributed by atoms with Gasteiger partial charge in [0.05, 0.1) is 12.7 Å². The minimum atomic E-state index is -0.875. The first-order chi connectivity index (χ1) is 15.4. The van der Waals surface area contributed by atoms with E-state index >= 15 is 0 Å². The molecule has 1 saturated heterocycles. The van der Waals surface area contributed by atoms with Crippen LogP contribution in [0.5, 0.6) is 5.75 Å². The molecular weight excluding hydrogens is 424 g/mol. The first-order valence-corrected chi connectivity index (χ1v) is 11.6. The Bertz CT molecular complexity index is 1030. The molecule has 3 aromatic rings. The van der Waals surface area contributed by atoms with Gasteiger partial charge in [0.1, 0.15) is 5.75 Å². The fraction of sp³-hybridized carbons (Fsp3) is 0.375. The number of methoxy groups -OCH3 is 1. The van der Waals surface area contributed by atoms with Gasteiger partial charge in [-0.3, -0.25) is 10.0 Å². The van der Waals surface area contributed by atoms with Crippen LogP contribution in [0.25, 0.3) is 10.9 Å². The van der Waals surface area contributed by atoms with E-state index in [0.29, 0.717) is 11.6 Å². The van der Waals surface area contributed by atoms with E-state index in [9.17, 15) is 4.79 Å². The fourth-order valence-corrected chi connectivity index (χ4v) is 4.43. The van der Waals surface area contributed by atoms with Crippen molar-refractivity contribution in [2.75, 3.05) is 20.2 Å². The van der Waals surface area contributed by atoms with Gasteiger partial charge in [-0.2, -0.15) is 0 Å². The molecule has 8 heteroatoms. The van der Waals surface area contributed by atoms with Crippen LogP contribution in [0.2, 0.25) is 0 Å². The Labute approximate surface area is 193 Å². The number of nitrogens with zero attached hydrogens (tertiary/aromatic N) is 1. The van der Waals surface area contributed by atoms with Gasteiger partial charge in [-0.25, -0.2) is 9.52 Å². The van der Waals surface area contributed by atoms with Crippen molar-refractivity contribution in [2.45, 2.75) is 39.3 Å². The van der Waals surface area contributed by atoms with Crippen molar-refractivity contribution in [3.63, 3.8) is 0 Å². The van der Waals surface area contributed by atoms with Gasteiger partial charge in [0.15, 0.2) is 0 Å². The minimum absolute atomic E-state index is 0.339. The largest absolute Gasteiger partial charge is 0.496 e. The summed E-state index contributed by atoms with van der Waals surface area (Å²) >= 11 is 1.23. The standard InChI is InChI=1S/C16H24N4OS.C8H8O2/c1-11-9-15(21-2)14(13-3-6-18-16(11)13)10-20-7-4-12(5-8-20)19-22-17;1-6-2-4-7(5-3-6)8(9)10/h3,6,9,12,18-19H,4-5,7-8,10,17H2,1-2H3;2-5H,1H3,(H,9,10). The number of aryl methyl sites for hydroxylation is 2. The lowest BCUT2D eigenvalue weighted by molar-refractivity contribution is 0.0697. The molecule has 1 aliphatic heterocycles. The number of nitrogens with two attached hydrogens (primary N) is 1. The SMILES string of the molecule is COc1cc(C)c2[nH]ccc2c1CN1CCC(NSN)CC1.Cc1ccc(C(=O)O)cc1. The number of hydrogen-bond acceptors (Lipinski definition) is 6. The van der Waals surface area contributed by atoms with Gasteiger partial charge in [-0.15, -0.1) is 0 Å². The van der Waals surface area contributed by atoms with Crippen molar-refractivity contribution < 1.29 is 14.6 Å².